The molecule has 98 valence electrons. The summed E-state index contributed by atoms with van der Waals surface area (Å²) in [4.78, 5) is 4.49. The maximum Gasteiger partial charge on any atom is 0.129 e. The molecule has 1 heterocycles. The predicted molar refractivity (Wildman–Crippen MR) is 80.4 cm³/mol. The Balaban J connectivity index is 2.40. The van der Waals surface area contributed by atoms with Crippen molar-refractivity contribution in [2.24, 2.45) is 0 Å². The highest BCUT2D eigenvalue weighted by Crippen LogP contribution is 2.26. The molecule has 3 aromatic rings. The molecule has 0 radical (unpaired) electrons. The van der Waals surface area contributed by atoms with Gasteiger partial charge in [-0.2, -0.15) is 5.26 Å². The second kappa shape index (κ2) is 5.16. The third kappa shape index (κ3) is 2.03. The van der Waals surface area contributed by atoms with Crippen LogP contribution in [0.25, 0.3) is 16.7 Å². The number of para-hydroxylation sites is 1. The third-order valence-corrected chi connectivity index (χ3v) is 3.55. The number of hydrogen-bond acceptors (Lipinski definition) is 2. The van der Waals surface area contributed by atoms with Crippen LogP contribution in [0, 0.1) is 11.3 Å². The van der Waals surface area contributed by atoms with Crippen molar-refractivity contribution in [2.75, 3.05) is 0 Å². The topological polar surface area (TPSA) is 41.6 Å². The van der Waals surface area contributed by atoms with E-state index >= 15 is 0 Å². The van der Waals surface area contributed by atoms with Crippen molar-refractivity contribution in [1.29, 1.82) is 5.26 Å². The van der Waals surface area contributed by atoms with Crippen molar-refractivity contribution < 1.29 is 0 Å². The number of benzene rings is 2. The molecule has 1 aromatic heterocycles. The fourth-order valence-electron chi connectivity index (χ4n) is 2.22. The molecule has 3 nitrogen and oxygen atoms in total. The van der Waals surface area contributed by atoms with Crippen molar-refractivity contribution in [3.05, 3.63) is 58.9 Å². The van der Waals surface area contributed by atoms with E-state index in [1.54, 1.807) is 12.1 Å². The van der Waals surface area contributed by atoms with Gasteiger partial charge in [-0.05, 0) is 30.3 Å². The van der Waals surface area contributed by atoms with Gasteiger partial charge in [0.25, 0.3) is 0 Å². The van der Waals surface area contributed by atoms with Crippen LogP contribution in [0.1, 0.15) is 11.4 Å². The summed E-state index contributed by atoms with van der Waals surface area (Å²) < 4.78 is 1.88. The molecule has 20 heavy (non-hydrogen) atoms. The van der Waals surface area contributed by atoms with E-state index in [4.69, 9.17) is 23.2 Å². The van der Waals surface area contributed by atoms with E-state index < -0.39 is 0 Å². The highest BCUT2D eigenvalue weighted by atomic mass is 35.5. The van der Waals surface area contributed by atoms with Crippen LogP contribution in [-0.4, -0.2) is 9.55 Å². The van der Waals surface area contributed by atoms with E-state index in [-0.39, 0.29) is 5.88 Å². The first kappa shape index (κ1) is 13.0. The van der Waals surface area contributed by atoms with Gasteiger partial charge in [0, 0.05) is 5.02 Å². The monoisotopic (exact) mass is 301 g/mol. The fraction of sp³-hybridized carbons (Fsp3) is 0.0667. The summed E-state index contributed by atoms with van der Waals surface area (Å²) in [5.74, 6) is 0.943. The average Bonchev–Trinajstić information content (AvgIpc) is 2.84. The van der Waals surface area contributed by atoms with Crippen LogP contribution in [-0.2, 0) is 5.88 Å². The third-order valence-electron chi connectivity index (χ3n) is 3.07. The molecule has 0 saturated carbocycles. The minimum absolute atomic E-state index is 0.256. The molecule has 0 unspecified atom stereocenters. The Labute approximate surface area is 126 Å². The zero-order chi connectivity index (χ0) is 14.1. The fourth-order valence-corrected chi connectivity index (χ4v) is 2.57. The summed E-state index contributed by atoms with van der Waals surface area (Å²) in [6.07, 6.45) is 0. The highest BCUT2D eigenvalue weighted by Gasteiger charge is 2.14. The lowest BCUT2D eigenvalue weighted by Crippen LogP contribution is -2.01. The van der Waals surface area contributed by atoms with Gasteiger partial charge in [-0.25, -0.2) is 4.98 Å². The number of alkyl halides is 1. The quantitative estimate of drug-likeness (QED) is 0.663. The Hall–Kier alpha value is -2.02. The molecular formula is C15H9Cl2N3. The van der Waals surface area contributed by atoms with Crippen LogP contribution < -0.4 is 0 Å². The second-order valence-corrected chi connectivity index (χ2v) is 4.96. The Morgan fingerprint density at radius 1 is 1.20 bits per heavy atom. The van der Waals surface area contributed by atoms with Crippen LogP contribution >= 0.6 is 23.2 Å². The number of fused-ring (bicyclic) bond motifs is 1. The largest absolute Gasteiger partial charge is 0.294 e. The normalized spacial score (nSPS) is 10.7. The van der Waals surface area contributed by atoms with E-state index in [1.807, 2.05) is 34.9 Å². The summed E-state index contributed by atoms with van der Waals surface area (Å²) in [5.41, 5.74) is 2.97. The summed E-state index contributed by atoms with van der Waals surface area (Å²) >= 11 is 12.1. The summed E-state index contributed by atoms with van der Waals surface area (Å²) in [6, 6.07) is 15.0. The minimum atomic E-state index is 0.256. The molecule has 5 heteroatoms. The standard InChI is InChI=1S/C15H9Cl2N3/c16-8-15-19-12-6-5-11(17)7-14(12)20(15)13-4-2-1-3-10(13)9-18/h1-7H,8H2. The van der Waals surface area contributed by atoms with E-state index in [0.717, 1.165) is 16.7 Å². The number of nitriles is 1. The van der Waals surface area contributed by atoms with Crippen LogP contribution in [0.5, 0.6) is 0 Å². The number of aromatic nitrogens is 2. The molecular weight excluding hydrogens is 293 g/mol. The Bertz CT molecular complexity index is 831. The summed E-state index contributed by atoms with van der Waals surface area (Å²) in [7, 11) is 0. The zero-order valence-electron chi connectivity index (χ0n) is 10.3. The molecule has 2 aromatic carbocycles. The van der Waals surface area contributed by atoms with Gasteiger partial charge in [-0.1, -0.05) is 23.7 Å². The Morgan fingerprint density at radius 2 is 2.00 bits per heavy atom. The molecule has 0 aliphatic carbocycles. The van der Waals surface area contributed by atoms with E-state index in [1.165, 1.54) is 0 Å². The summed E-state index contributed by atoms with van der Waals surface area (Å²) in [5, 5.41) is 9.88. The van der Waals surface area contributed by atoms with Crippen LogP contribution in [0.3, 0.4) is 0 Å². The lowest BCUT2D eigenvalue weighted by molar-refractivity contribution is 0.978. The molecule has 0 aliphatic heterocycles. The van der Waals surface area contributed by atoms with Gasteiger partial charge >= 0.3 is 0 Å². The minimum Gasteiger partial charge on any atom is -0.294 e. The van der Waals surface area contributed by atoms with Gasteiger partial charge in [0.15, 0.2) is 0 Å². The van der Waals surface area contributed by atoms with Gasteiger partial charge < -0.3 is 0 Å². The van der Waals surface area contributed by atoms with Gasteiger partial charge in [0.1, 0.15) is 11.9 Å². The maximum absolute atomic E-state index is 9.26. The van der Waals surface area contributed by atoms with Crippen molar-refractivity contribution in [3.63, 3.8) is 0 Å². The van der Waals surface area contributed by atoms with Gasteiger partial charge in [-0.3, -0.25) is 4.57 Å². The maximum atomic E-state index is 9.26. The lowest BCUT2D eigenvalue weighted by atomic mass is 10.2. The number of nitrogens with zero attached hydrogens (tertiary/aromatic N) is 3. The number of hydrogen-bond donors (Lipinski definition) is 0. The smallest absolute Gasteiger partial charge is 0.129 e. The molecule has 0 fully saturated rings. The Kier molecular flexibility index (Phi) is 3.35. The average molecular weight is 302 g/mol. The van der Waals surface area contributed by atoms with Crippen LogP contribution in [0.4, 0.5) is 0 Å². The van der Waals surface area contributed by atoms with Crippen molar-refractivity contribution >= 4 is 34.2 Å². The van der Waals surface area contributed by atoms with Crippen molar-refractivity contribution in [3.8, 4) is 11.8 Å². The second-order valence-electron chi connectivity index (χ2n) is 4.26. The molecule has 0 spiro atoms. The van der Waals surface area contributed by atoms with Gasteiger partial charge in [0.05, 0.1) is 28.2 Å². The van der Waals surface area contributed by atoms with Gasteiger partial charge in [0.2, 0.25) is 0 Å². The first-order valence-electron chi connectivity index (χ1n) is 5.97. The van der Waals surface area contributed by atoms with Gasteiger partial charge in [-0.15, -0.1) is 11.6 Å². The van der Waals surface area contributed by atoms with Crippen LogP contribution in [0.15, 0.2) is 42.5 Å². The first-order valence-corrected chi connectivity index (χ1v) is 6.88. The highest BCUT2D eigenvalue weighted by molar-refractivity contribution is 6.31. The summed E-state index contributed by atoms with van der Waals surface area (Å²) in [6.45, 7) is 0. The first-order chi connectivity index (χ1) is 9.74. The number of imidazole rings is 1. The molecule has 0 atom stereocenters. The molecule has 0 saturated heterocycles. The van der Waals surface area contributed by atoms with E-state index in [2.05, 4.69) is 11.1 Å². The predicted octanol–water partition coefficient (Wildman–Crippen LogP) is 4.29. The molecule has 0 amide bonds. The number of halogens is 2. The van der Waals surface area contributed by atoms with E-state index in [9.17, 15) is 5.26 Å². The van der Waals surface area contributed by atoms with Crippen LogP contribution in [0.2, 0.25) is 5.02 Å². The SMILES string of the molecule is N#Cc1ccccc1-n1c(CCl)nc2ccc(Cl)cc21. The van der Waals surface area contributed by atoms with Crippen molar-refractivity contribution in [1.82, 2.24) is 9.55 Å². The Morgan fingerprint density at radius 3 is 2.75 bits per heavy atom. The van der Waals surface area contributed by atoms with E-state index in [0.29, 0.717) is 16.4 Å². The molecule has 0 bridgehead atoms. The molecule has 0 N–H and O–H groups in total. The molecule has 3 rings (SSSR count). The lowest BCUT2D eigenvalue weighted by Gasteiger charge is -2.09. The zero-order valence-corrected chi connectivity index (χ0v) is 11.9. The molecule has 0 aliphatic rings. The van der Waals surface area contributed by atoms with Crippen molar-refractivity contribution in [2.45, 2.75) is 5.88 Å². The number of rotatable bonds is 2.